The number of furan rings is 1. The van der Waals surface area contributed by atoms with Crippen LogP contribution in [0.3, 0.4) is 0 Å². The van der Waals surface area contributed by atoms with Crippen LogP contribution in [0.2, 0.25) is 0 Å². The summed E-state index contributed by atoms with van der Waals surface area (Å²) < 4.78 is 18.6. The van der Waals surface area contributed by atoms with E-state index in [0.29, 0.717) is 35.1 Å². The zero-order valence-electron chi connectivity index (χ0n) is 17.7. The molecule has 2 aromatic heterocycles. The second-order valence-electron chi connectivity index (χ2n) is 7.51. The number of hydrogen-bond acceptors (Lipinski definition) is 6. The SMILES string of the molecule is COc1ccc(-c2cn(C)c(=O)c3cc(CN4CCNC[C@H]4C)oc23)cc1OC.Cl. The minimum absolute atomic E-state index is 0. The molecule has 1 aliphatic heterocycles. The topological polar surface area (TPSA) is 68.9 Å². The third-order valence-corrected chi connectivity index (χ3v) is 5.59. The van der Waals surface area contributed by atoms with E-state index in [1.165, 1.54) is 0 Å². The maximum atomic E-state index is 12.7. The van der Waals surface area contributed by atoms with Gasteiger partial charge < -0.3 is 23.8 Å². The number of hydrogen-bond donors (Lipinski definition) is 1. The van der Waals surface area contributed by atoms with E-state index in [2.05, 4.69) is 17.1 Å². The summed E-state index contributed by atoms with van der Waals surface area (Å²) >= 11 is 0. The number of nitrogens with zero attached hydrogens (tertiary/aromatic N) is 2. The van der Waals surface area contributed by atoms with Crippen molar-refractivity contribution in [2.24, 2.45) is 7.05 Å². The van der Waals surface area contributed by atoms with E-state index >= 15 is 0 Å². The van der Waals surface area contributed by atoms with Crippen LogP contribution >= 0.6 is 12.4 Å². The Bertz CT molecular complexity index is 1090. The Balaban J connectivity index is 0.00000256. The minimum Gasteiger partial charge on any atom is -0.493 e. The van der Waals surface area contributed by atoms with Crippen LogP contribution in [-0.2, 0) is 13.6 Å². The Kier molecular flexibility index (Phi) is 6.75. The number of ether oxygens (including phenoxy) is 2. The minimum atomic E-state index is -0.0624. The van der Waals surface area contributed by atoms with Gasteiger partial charge in [-0.2, -0.15) is 0 Å². The lowest BCUT2D eigenvalue weighted by Crippen LogP contribution is -2.49. The Morgan fingerprint density at radius 2 is 1.97 bits per heavy atom. The van der Waals surface area contributed by atoms with E-state index in [4.69, 9.17) is 13.9 Å². The lowest BCUT2D eigenvalue weighted by atomic mass is 10.1. The molecule has 1 aromatic carbocycles. The molecule has 0 saturated carbocycles. The van der Waals surface area contributed by atoms with Crippen LogP contribution in [0, 0.1) is 0 Å². The molecule has 30 heavy (non-hydrogen) atoms. The summed E-state index contributed by atoms with van der Waals surface area (Å²) in [6.45, 7) is 5.76. The maximum Gasteiger partial charge on any atom is 0.261 e. The van der Waals surface area contributed by atoms with Gasteiger partial charge in [0.25, 0.3) is 5.56 Å². The van der Waals surface area contributed by atoms with E-state index in [-0.39, 0.29) is 18.0 Å². The number of pyridine rings is 1. The Hall–Kier alpha value is -2.48. The van der Waals surface area contributed by atoms with Crippen LogP contribution in [-0.4, -0.2) is 49.4 Å². The third-order valence-electron chi connectivity index (χ3n) is 5.59. The molecule has 162 valence electrons. The number of methoxy groups -OCH3 is 2. The maximum absolute atomic E-state index is 12.7. The van der Waals surface area contributed by atoms with Crippen LogP contribution in [0.5, 0.6) is 11.5 Å². The summed E-state index contributed by atoms with van der Waals surface area (Å²) in [6.07, 6.45) is 1.81. The van der Waals surface area contributed by atoms with Crippen molar-refractivity contribution in [1.29, 1.82) is 0 Å². The van der Waals surface area contributed by atoms with Crippen LogP contribution < -0.4 is 20.3 Å². The standard InChI is InChI=1S/C22H27N3O4.ClH/c1-14-11-23-7-8-25(14)12-16-10-17-21(29-16)18(13-24(2)22(17)26)15-5-6-19(27-3)20(9-15)28-4;/h5-6,9-10,13-14,23H,7-8,11-12H2,1-4H3;1H/t14-;/m1./s1. The van der Waals surface area contributed by atoms with Crippen LogP contribution in [0.15, 0.2) is 39.7 Å². The molecule has 0 aliphatic carbocycles. The van der Waals surface area contributed by atoms with Crippen molar-refractivity contribution in [3.8, 4) is 22.6 Å². The first-order valence-corrected chi connectivity index (χ1v) is 9.81. The fraction of sp³-hybridized carbons (Fsp3) is 0.409. The Morgan fingerprint density at radius 1 is 1.20 bits per heavy atom. The quantitative estimate of drug-likeness (QED) is 0.667. The number of fused-ring (bicyclic) bond motifs is 1. The average Bonchev–Trinajstić information content (AvgIpc) is 3.16. The molecular weight excluding hydrogens is 406 g/mol. The number of aryl methyl sites for hydroxylation is 1. The zero-order valence-corrected chi connectivity index (χ0v) is 18.5. The highest BCUT2D eigenvalue weighted by atomic mass is 35.5. The first-order chi connectivity index (χ1) is 14.0. The first-order valence-electron chi connectivity index (χ1n) is 9.81. The monoisotopic (exact) mass is 433 g/mol. The molecule has 7 nitrogen and oxygen atoms in total. The van der Waals surface area contributed by atoms with Gasteiger partial charge in [-0.05, 0) is 30.7 Å². The van der Waals surface area contributed by atoms with Crippen molar-refractivity contribution < 1.29 is 13.9 Å². The number of benzene rings is 1. The van der Waals surface area contributed by atoms with Gasteiger partial charge in [0, 0.05) is 44.5 Å². The third kappa shape index (κ3) is 4.05. The molecule has 1 aliphatic rings. The smallest absolute Gasteiger partial charge is 0.261 e. The summed E-state index contributed by atoms with van der Waals surface area (Å²) in [5.74, 6) is 2.09. The summed E-state index contributed by atoms with van der Waals surface area (Å²) in [5, 5.41) is 3.99. The van der Waals surface area contributed by atoms with Gasteiger partial charge in [0.15, 0.2) is 11.5 Å². The predicted molar refractivity (Wildman–Crippen MR) is 120 cm³/mol. The molecule has 8 heteroatoms. The molecule has 0 spiro atoms. The molecule has 1 N–H and O–H groups in total. The largest absolute Gasteiger partial charge is 0.493 e. The summed E-state index contributed by atoms with van der Waals surface area (Å²) in [7, 11) is 4.98. The molecular formula is C22H28ClN3O4. The van der Waals surface area contributed by atoms with Crippen LogP contribution in [0.4, 0.5) is 0 Å². The number of nitrogens with one attached hydrogen (secondary N) is 1. The normalized spacial score (nSPS) is 17.0. The van der Waals surface area contributed by atoms with Gasteiger partial charge in [-0.3, -0.25) is 9.69 Å². The highest BCUT2D eigenvalue weighted by molar-refractivity contribution is 5.92. The van der Waals surface area contributed by atoms with Crippen molar-refractivity contribution >= 4 is 23.4 Å². The Morgan fingerprint density at radius 3 is 2.67 bits per heavy atom. The van der Waals surface area contributed by atoms with Gasteiger partial charge in [-0.15, -0.1) is 12.4 Å². The van der Waals surface area contributed by atoms with Crippen molar-refractivity contribution in [2.75, 3.05) is 33.9 Å². The van der Waals surface area contributed by atoms with Crippen molar-refractivity contribution in [1.82, 2.24) is 14.8 Å². The first kappa shape index (κ1) is 22.2. The second-order valence-corrected chi connectivity index (χ2v) is 7.51. The lowest BCUT2D eigenvalue weighted by molar-refractivity contribution is 0.155. The molecule has 0 unspecified atom stereocenters. The fourth-order valence-electron chi connectivity index (χ4n) is 3.91. The molecule has 0 bridgehead atoms. The highest BCUT2D eigenvalue weighted by Gasteiger charge is 2.21. The average molecular weight is 434 g/mol. The molecule has 1 fully saturated rings. The second kappa shape index (κ2) is 9.12. The number of piperazine rings is 1. The van der Waals surface area contributed by atoms with E-state index in [9.17, 15) is 4.79 Å². The number of rotatable bonds is 5. The highest BCUT2D eigenvalue weighted by Crippen LogP contribution is 2.35. The van der Waals surface area contributed by atoms with E-state index < -0.39 is 0 Å². The van der Waals surface area contributed by atoms with Gasteiger partial charge >= 0.3 is 0 Å². The fourth-order valence-corrected chi connectivity index (χ4v) is 3.91. The molecule has 0 radical (unpaired) electrons. The van der Waals surface area contributed by atoms with E-state index in [0.717, 1.165) is 36.5 Å². The molecule has 3 heterocycles. The molecule has 4 rings (SSSR count). The zero-order chi connectivity index (χ0) is 20.5. The van der Waals surface area contributed by atoms with Crippen LogP contribution in [0.1, 0.15) is 12.7 Å². The number of halogens is 1. The van der Waals surface area contributed by atoms with Gasteiger partial charge in [0.1, 0.15) is 11.3 Å². The van der Waals surface area contributed by atoms with Gasteiger partial charge in [0.05, 0.1) is 26.2 Å². The summed E-state index contributed by atoms with van der Waals surface area (Å²) in [4.78, 5) is 15.1. The molecule has 3 aromatic rings. The number of aromatic nitrogens is 1. The molecule has 0 amide bonds. The lowest BCUT2D eigenvalue weighted by Gasteiger charge is -2.33. The van der Waals surface area contributed by atoms with Crippen molar-refractivity contribution in [2.45, 2.75) is 19.5 Å². The van der Waals surface area contributed by atoms with E-state index in [1.54, 1.807) is 25.8 Å². The summed E-state index contributed by atoms with van der Waals surface area (Å²) in [6, 6.07) is 8.01. The molecule has 1 saturated heterocycles. The summed E-state index contributed by atoms with van der Waals surface area (Å²) in [5.41, 5.74) is 2.30. The van der Waals surface area contributed by atoms with Crippen LogP contribution in [0.25, 0.3) is 22.1 Å². The van der Waals surface area contributed by atoms with Crippen molar-refractivity contribution in [3.63, 3.8) is 0 Å². The predicted octanol–water partition coefficient (Wildman–Crippen LogP) is 3.03. The van der Waals surface area contributed by atoms with Gasteiger partial charge in [-0.25, -0.2) is 0 Å². The Labute approximate surface area is 182 Å². The van der Waals surface area contributed by atoms with Gasteiger partial charge in [-0.1, -0.05) is 6.07 Å². The van der Waals surface area contributed by atoms with E-state index in [1.807, 2.05) is 30.5 Å². The molecule has 1 atom stereocenters. The van der Waals surface area contributed by atoms with Crippen molar-refractivity contribution in [3.05, 3.63) is 46.6 Å². The van der Waals surface area contributed by atoms with Gasteiger partial charge in [0.2, 0.25) is 0 Å².